The maximum Gasteiger partial charge on any atom is 0.585 e. The van der Waals surface area contributed by atoms with Crippen molar-refractivity contribution in [2.24, 2.45) is 0 Å². The Kier molecular flexibility index (Phi) is 4.75. The molecule has 0 atom stereocenters. The molecule has 0 saturated heterocycles. The SMILES string of the molecule is O=P(O)(Oc1c(Cl)ccc2ccccc12)Oc1c(Cl)ccc2ccccc12. The maximum absolute atomic E-state index is 12.7. The fourth-order valence-electron chi connectivity index (χ4n) is 2.87. The number of fused-ring (bicyclic) bond motifs is 2. The van der Waals surface area contributed by atoms with Gasteiger partial charge in [0.15, 0.2) is 11.5 Å². The summed E-state index contributed by atoms with van der Waals surface area (Å²) >= 11 is 12.4. The second-order valence-electron chi connectivity index (χ2n) is 5.85. The molecule has 1 N–H and O–H groups in total. The van der Waals surface area contributed by atoms with Crippen molar-refractivity contribution in [1.29, 1.82) is 0 Å². The number of rotatable bonds is 4. The first-order valence-corrected chi connectivity index (χ1v) is 10.3. The molecular formula is C20H13Cl2O4P. The van der Waals surface area contributed by atoms with Crippen molar-refractivity contribution in [3.63, 3.8) is 0 Å². The second kappa shape index (κ2) is 7.06. The lowest BCUT2D eigenvalue weighted by molar-refractivity contribution is 0.293. The highest BCUT2D eigenvalue weighted by Crippen LogP contribution is 2.51. The number of benzene rings is 4. The molecule has 0 aromatic heterocycles. The Morgan fingerprint density at radius 2 is 1.07 bits per heavy atom. The first kappa shape index (κ1) is 18.1. The standard InChI is InChI=1S/C20H13Cl2O4P/c21-17-11-9-13-5-1-3-7-15(13)19(17)25-27(23,24)26-20-16-8-4-2-6-14(16)10-12-18(20)22/h1-12H,(H,23,24). The molecule has 0 saturated carbocycles. The highest BCUT2D eigenvalue weighted by atomic mass is 35.5. The molecule has 0 bridgehead atoms. The topological polar surface area (TPSA) is 55.8 Å². The molecule has 136 valence electrons. The number of phosphoric acid groups is 1. The molecule has 27 heavy (non-hydrogen) atoms. The van der Waals surface area contributed by atoms with Crippen LogP contribution >= 0.6 is 31.0 Å². The van der Waals surface area contributed by atoms with Crippen LogP contribution in [0, 0.1) is 0 Å². The van der Waals surface area contributed by atoms with Crippen molar-refractivity contribution in [2.75, 3.05) is 0 Å². The average molecular weight is 419 g/mol. The lowest BCUT2D eigenvalue weighted by atomic mass is 10.1. The van der Waals surface area contributed by atoms with Crippen LogP contribution in [0.1, 0.15) is 0 Å². The summed E-state index contributed by atoms with van der Waals surface area (Å²) in [5.41, 5.74) is 0. The minimum atomic E-state index is -4.57. The summed E-state index contributed by atoms with van der Waals surface area (Å²) < 4.78 is 23.4. The third kappa shape index (κ3) is 3.62. The Balaban J connectivity index is 1.75. The van der Waals surface area contributed by atoms with Gasteiger partial charge in [-0.2, -0.15) is 0 Å². The van der Waals surface area contributed by atoms with Gasteiger partial charge in [-0.15, -0.1) is 0 Å². The molecule has 0 radical (unpaired) electrons. The fourth-order valence-corrected chi connectivity index (χ4v) is 4.27. The van der Waals surface area contributed by atoms with Gasteiger partial charge in [0.25, 0.3) is 0 Å². The fraction of sp³-hybridized carbons (Fsp3) is 0. The van der Waals surface area contributed by atoms with Crippen molar-refractivity contribution < 1.29 is 18.5 Å². The van der Waals surface area contributed by atoms with Crippen molar-refractivity contribution in [1.82, 2.24) is 0 Å². The quantitative estimate of drug-likeness (QED) is 0.367. The van der Waals surface area contributed by atoms with E-state index in [1.54, 1.807) is 48.5 Å². The van der Waals surface area contributed by atoms with Crippen LogP contribution in [0.4, 0.5) is 0 Å². The van der Waals surface area contributed by atoms with Crippen molar-refractivity contribution in [2.45, 2.75) is 0 Å². The number of phosphoric ester groups is 1. The molecule has 0 amide bonds. The Morgan fingerprint density at radius 1 is 0.667 bits per heavy atom. The summed E-state index contributed by atoms with van der Waals surface area (Å²) in [7, 11) is -4.57. The molecule has 4 nitrogen and oxygen atoms in total. The van der Waals surface area contributed by atoms with Gasteiger partial charge in [-0.05, 0) is 22.9 Å². The van der Waals surface area contributed by atoms with Crippen molar-refractivity contribution in [3.8, 4) is 11.5 Å². The zero-order valence-corrected chi connectivity index (χ0v) is 16.2. The normalized spacial score (nSPS) is 11.7. The maximum atomic E-state index is 12.7. The monoisotopic (exact) mass is 418 g/mol. The number of halogens is 2. The number of hydrogen-bond donors (Lipinski definition) is 1. The van der Waals surface area contributed by atoms with Crippen LogP contribution in [0.15, 0.2) is 72.8 Å². The minimum absolute atomic E-state index is 0.0805. The minimum Gasteiger partial charge on any atom is -0.393 e. The smallest absolute Gasteiger partial charge is 0.393 e. The lowest BCUT2D eigenvalue weighted by Gasteiger charge is -2.18. The van der Waals surface area contributed by atoms with Crippen molar-refractivity contribution >= 4 is 52.6 Å². The molecule has 0 unspecified atom stereocenters. The Morgan fingerprint density at radius 3 is 1.52 bits per heavy atom. The lowest BCUT2D eigenvalue weighted by Crippen LogP contribution is -2.01. The molecule has 0 aliphatic rings. The van der Waals surface area contributed by atoms with Crippen LogP contribution in [0.2, 0.25) is 10.0 Å². The molecule has 0 fully saturated rings. The molecule has 0 heterocycles. The van der Waals surface area contributed by atoms with Gasteiger partial charge in [-0.25, -0.2) is 4.57 Å². The molecular weight excluding hydrogens is 406 g/mol. The van der Waals surface area contributed by atoms with Gasteiger partial charge in [-0.3, -0.25) is 4.89 Å². The first-order valence-electron chi connectivity index (χ1n) is 8.01. The van der Waals surface area contributed by atoms with Gasteiger partial charge in [0.05, 0.1) is 10.0 Å². The van der Waals surface area contributed by atoms with Crippen LogP contribution in [0.25, 0.3) is 21.5 Å². The molecule has 7 heteroatoms. The second-order valence-corrected chi connectivity index (χ2v) is 7.96. The largest absolute Gasteiger partial charge is 0.585 e. The molecule has 0 spiro atoms. The van der Waals surface area contributed by atoms with E-state index in [1.807, 2.05) is 24.3 Å². The van der Waals surface area contributed by atoms with Gasteiger partial charge in [-0.1, -0.05) is 83.9 Å². The highest BCUT2D eigenvalue weighted by molar-refractivity contribution is 7.48. The van der Waals surface area contributed by atoms with E-state index in [4.69, 9.17) is 32.2 Å². The van der Waals surface area contributed by atoms with Crippen molar-refractivity contribution in [3.05, 3.63) is 82.8 Å². The van der Waals surface area contributed by atoms with E-state index < -0.39 is 7.82 Å². The van der Waals surface area contributed by atoms with Crippen LogP contribution in [-0.4, -0.2) is 4.89 Å². The molecule has 4 aromatic carbocycles. The third-order valence-corrected chi connectivity index (χ3v) is 5.50. The summed E-state index contributed by atoms with van der Waals surface area (Å²) in [5.74, 6) is 0.161. The molecule has 0 aliphatic heterocycles. The van der Waals surface area contributed by atoms with Gasteiger partial charge in [0, 0.05) is 10.8 Å². The molecule has 4 aromatic rings. The van der Waals surface area contributed by atoms with Crippen LogP contribution < -0.4 is 9.05 Å². The van der Waals surface area contributed by atoms with Gasteiger partial charge < -0.3 is 9.05 Å². The molecule has 0 aliphatic carbocycles. The summed E-state index contributed by atoms with van der Waals surface area (Å²) in [4.78, 5) is 10.4. The predicted molar refractivity (Wildman–Crippen MR) is 109 cm³/mol. The van der Waals surface area contributed by atoms with Crippen LogP contribution in [-0.2, 0) is 4.57 Å². The van der Waals surface area contributed by atoms with E-state index in [0.717, 1.165) is 10.8 Å². The van der Waals surface area contributed by atoms with Crippen LogP contribution in [0.5, 0.6) is 11.5 Å². The van der Waals surface area contributed by atoms with E-state index in [9.17, 15) is 9.46 Å². The highest BCUT2D eigenvalue weighted by Gasteiger charge is 2.29. The van der Waals surface area contributed by atoms with E-state index >= 15 is 0 Å². The Labute approximate surface area is 165 Å². The zero-order valence-electron chi connectivity index (χ0n) is 13.8. The summed E-state index contributed by atoms with van der Waals surface area (Å²) in [6.45, 7) is 0. The Hall–Kier alpha value is -2.23. The number of hydrogen-bond acceptors (Lipinski definition) is 3. The van der Waals surface area contributed by atoms with E-state index in [-0.39, 0.29) is 21.5 Å². The predicted octanol–water partition coefficient (Wildman–Crippen LogP) is 6.86. The Bertz CT molecular complexity index is 1120. The summed E-state index contributed by atoms with van der Waals surface area (Å²) in [6.07, 6.45) is 0. The third-order valence-electron chi connectivity index (χ3n) is 4.08. The average Bonchev–Trinajstić information content (AvgIpc) is 2.66. The summed E-state index contributed by atoms with van der Waals surface area (Å²) in [5, 5.41) is 3.25. The molecule has 4 rings (SSSR count). The van der Waals surface area contributed by atoms with Gasteiger partial charge >= 0.3 is 7.82 Å². The first-order chi connectivity index (χ1) is 12.9. The van der Waals surface area contributed by atoms with E-state index in [0.29, 0.717) is 10.8 Å². The zero-order chi connectivity index (χ0) is 19.0. The van der Waals surface area contributed by atoms with Gasteiger partial charge in [0.1, 0.15) is 0 Å². The van der Waals surface area contributed by atoms with E-state index in [1.165, 1.54) is 0 Å². The van der Waals surface area contributed by atoms with E-state index in [2.05, 4.69) is 0 Å². The van der Waals surface area contributed by atoms with Crippen LogP contribution in [0.3, 0.4) is 0 Å². The summed E-state index contributed by atoms with van der Waals surface area (Å²) in [6, 6.07) is 21.3. The van der Waals surface area contributed by atoms with Gasteiger partial charge in [0.2, 0.25) is 0 Å².